The number of hydrogen-bond donors (Lipinski definition) is 1. The van der Waals surface area contributed by atoms with Gasteiger partial charge in [0.1, 0.15) is 0 Å². The smallest absolute Gasteiger partial charge is 0.0713 e. The Balaban J connectivity index is 1.94. The zero-order chi connectivity index (χ0) is 19.8. The molecule has 0 heterocycles. The van der Waals surface area contributed by atoms with E-state index in [0.717, 1.165) is 12.0 Å². The van der Waals surface area contributed by atoms with Crippen LogP contribution in [0.1, 0.15) is 41.2 Å². The van der Waals surface area contributed by atoms with Crippen LogP contribution in [0.2, 0.25) is 0 Å². The van der Waals surface area contributed by atoms with E-state index in [4.69, 9.17) is 5.41 Å². The molecule has 1 nitrogen and oxygen atoms in total. The van der Waals surface area contributed by atoms with Crippen LogP contribution >= 0.6 is 0 Å². The fourth-order valence-corrected chi connectivity index (χ4v) is 4.84. The second-order valence-electron chi connectivity index (χ2n) is 7.62. The van der Waals surface area contributed by atoms with Crippen LogP contribution in [0.4, 0.5) is 0 Å². The summed E-state index contributed by atoms with van der Waals surface area (Å²) in [6.45, 7) is 2.05. The third kappa shape index (κ3) is 2.51. The summed E-state index contributed by atoms with van der Waals surface area (Å²) in [6.07, 6.45) is 0.732. The SMILES string of the molecule is CCC(=N)c1ccc2c(c1)C(c1ccccc1)(c1ccccc1)c1ccccc1-2. The van der Waals surface area contributed by atoms with Gasteiger partial charge in [-0.3, -0.25) is 0 Å². The normalized spacial score (nSPS) is 13.6. The topological polar surface area (TPSA) is 23.9 Å². The Bertz CT molecular complexity index is 1150. The number of fused-ring (bicyclic) bond motifs is 3. The van der Waals surface area contributed by atoms with E-state index >= 15 is 0 Å². The van der Waals surface area contributed by atoms with Crippen LogP contribution in [0.25, 0.3) is 11.1 Å². The second-order valence-corrected chi connectivity index (χ2v) is 7.62. The Morgan fingerprint density at radius 3 is 1.83 bits per heavy atom. The van der Waals surface area contributed by atoms with Gasteiger partial charge in [-0.1, -0.05) is 104 Å². The molecule has 1 heteroatoms. The van der Waals surface area contributed by atoms with Crippen molar-refractivity contribution in [1.82, 2.24) is 0 Å². The van der Waals surface area contributed by atoms with Crippen LogP contribution in [0, 0.1) is 5.41 Å². The highest BCUT2D eigenvalue weighted by Crippen LogP contribution is 2.56. The zero-order valence-corrected chi connectivity index (χ0v) is 16.5. The monoisotopic (exact) mass is 373 g/mol. The Labute approximate surface area is 172 Å². The van der Waals surface area contributed by atoms with Crippen molar-refractivity contribution in [3.05, 3.63) is 131 Å². The molecule has 1 N–H and O–H groups in total. The van der Waals surface area contributed by atoms with Crippen LogP contribution < -0.4 is 0 Å². The predicted molar refractivity (Wildman–Crippen MR) is 121 cm³/mol. The zero-order valence-electron chi connectivity index (χ0n) is 16.5. The molecule has 0 unspecified atom stereocenters. The maximum Gasteiger partial charge on any atom is 0.0713 e. The molecular weight excluding hydrogens is 350 g/mol. The molecule has 29 heavy (non-hydrogen) atoms. The van der Waals surface area contributed by atoms with Gasteiger partial charge < -0.3 is 5.41 Å². The Morgan fingerprint density at radius 2 is 1.21 bits per heavy atom. The molecule has 0 radical (unpaired) electrons. The molecule has 140 valence electrons. The van der Waals surface area contributed by atoms with Crippen LogP contribution in [0.15, 0.2) is 103 Å². The van der Waals surface area contributed by atoms with Crippen LogP contribution in [-0.4, -0.2) is 5.71 Å². The lowest BCUT2D eigenvalue weighted by atomic mass is 9.67. The summed E-state index contributed by atoms with van der Waals surface area (Å²) >= 11 is 0. The molecule has 0 saturated carbocycles. The molecule has 0 saturated heterocycles. The number of benzene rings is 4. The summed E-state index contributed by atoms with van der Waals surface area (Å²) in [6, 6.07) is 36.9. The molecule has 4 aromatic carbocycles. The Hall–Kier alpha value is -3.45. The molecule has 0 atom stereocenters. The van der Waals surface area contributed by atoms with Crippen molar-refractivity contribution in [3.63, 3.8) is 0 Å². The molecule has 0 bridgehead atoms. The van der Waals surface area contributed by atoms with E-state index in [1.807, 2.05) is 6.92 Å². The highest BCUT2D eigenvalue weighted by atomic mass is 14.5. The first-order valence-electron chi connectivity index (χ1n) is 10.2. The van der Waals surface area contributed by atoms with Gasteiger partial charge in [-0.2, -0.15) is 0 Å². The van der Waals surface area contributed by atoms with Gasteiger partial charge in [0.25, 0.3) is 0 Å². The minimum atomic E-state index is -0.377. The highest BCUT2D eigenvalue weighted by Gasteiger charge is 2.45. The van der Waals surface area contributed by atoms with E-state index in [2.05, 4.69) is 103 Å². The minimum Gasteiger partial charge on any atom is -0.305 e. The molecule has 0 aliphatic heterocycles. The first-order valence-corrected chi connectivity index (χ1v) is 10.2. The molecule has 1 aliphatic carbocycles. The molecule has 0 fully saturated rings. The van der Waals surface area contributed by atoms with Crippen molar-refractivity contribution in [2.24, 2.45) is 0 Å². The van der Waals surface area contributed by atoms with Crippen LogP contribution in [-0.2, 0) is 5.41 Å². The molecule has 1 aliphatic rings. The summed E-state index contributed by atoms with van der Waals surface area (Å²) in [5.74, 6) is 0. The van der Waals surface area contributed by atoms with E-state index in [0.29, 0.717) is 5.71 Å². The lowest BCUT2D eigenvalue weighted by Crippen LogP contribution is -2.28. The number of rotatable bonds is 4. The van der Waals surface area contributed by atoms with E-state index in [1.165, 1.54) is 33.4 Å². The summed E-state index contributed by atoms with van der Waals surface area (Å²) in [5, 5.41) is 8.44. The van der Waals surface area contributed by atoms with E-state index < -0.39 is 0 Å². The van der Waals surface area contributed by atoms with Crippen molar-refractivity contribution in [2.45, 2.75) is 18.8 Å². The maximum absolute atomic E-state index is 8.44. The molecular formula is C28H23N. The minimum absolute atomic E-state index is 0.377. The molecule has 4 aromatic rings. The average molecular weight is 373 g/mol. The molecule has 0 spiro atoms. The van der Waals surface area contributed by atoms with Crippen molar-refractivity contribution in [3.8, 4) is 11.1 Å². The number of hydrogen-bond acceptors (Lipinski definition) is 1. The third-order valence-corrected chi connectivity index (χ3v) is 6.16. The highest BCUT2D eigenvalue weighted by molar-refractivity contribution is 6.00. The van der Waals surface area contributed by atoms with Gasteiger partial charge in [0.15, 0.2) is 0 Å². The fraction of sp³-hybridized carbons (Fsp3) is 0.107. The third-order valence-electron chi connectivity index (χ3n) is 6.16. The summed E-state index contributed by atoms with van der Waals surface area (Å²) in [4.78, 5) is 0. The predicted octanol–water partition coefficient (Wildman–Crippen LogP) is 6.83. The van der Waals surface area contributed by atoms with Gasteiger partial charge in [0.05, 0.1) is 5.41 Å². The first-order chi connectivity index (χ1) is 14.3. The van der Waals surface area contributed by atoms with Gasteiger partial charge >= 0.3 is 0 Å². The average Bonchev–Trinajstić information content (AvgIpc) is 3.10. The van der Waals surface area contributed by atoms with E-state index in [1.54, 1.807) is 0 Å². The molecule has 0 amide bonds. The first kappa shape index (κ1) is 17.6. The van der Waals surface area contributed by atoms with E-state index in [9.17, 15) is 0 Å². The Kier molecular flexibility index (Phi) is 4.17. The lowest BCUT2D eigenvalue weighted by Gasteiger charge is -2.34. The summed E-state index contributed by atoms with van der Waals surface area (Å²) in [5.41, 5.74) is 8.97. The maximum atomic E-state index is 8.44. The molecule has 5 rings (SSSR count). The largest absolute Gasteiger partial charge is 0.305 e. The van der Waals surface area contributed by atoms with Crippen LogP contribution in [0.3, 0.4) is 0 Å². The standard InChI is InChI=1S/C28H23N/c1-2-27(29)20-17-18-24-23-15-9-10-16-25(23)28(26(24)19-20,21-11-5-3-6-12-21)22-13-7-4-8-14-22/h3-19,29H,2H2,1H3. The van der Waals surface area contributed by atoms with Gasteiger partial charge in [-0.25, -0.2) is 0 Å². The molecule has 0 aromatic heterocycles. The van der Waals surface area contributed by atoms with Gasteiger partial charge in [0, 0.05) is 5.71 Å². The quantitative estimate of drug-likeness (QED) is 0.334. The van der Waals surface area contributed by atoms with Crippen LogP contribution in [0.5, 0.6) is 0 Å². The van der Waals surface area contributed by atoms with E-state index in [-0.39, 0.29) is 5.41 Å². The lowest BCUT2D eigenvalue weighted by molar-refractivity contribution is 0.768. The fourth-order valence-electron chi connectivity index (χ4n) is 4.84. The second kappa shape index (κ2) is 6.86. The van der Waals surface area contributed by atoms with Gasteiger partial charge in [-0.05, 0) is 51.4 Å². The van der Waals surface area contributed by atoms with Crippen molar-refractivity contribution >= 4 is 5.71 Å². The Morgan fingerprint density at radius 1 is 0.655 bits per heavy atom. The van der Waals surface area contributed by atoms with Crippen molar-refractivity contribution in [2.75, 3.05) is 0 Å². The van der Waals surface area contributed by atoms with Gasteiger partial charge in [-0.15, -0.1) is 0 Å². The van der Waals surface area contributed by atoms with Crippen molar-refractivity contribution in [1.29, 1.82) is 5.41 Å². The summed E-state index contributed by atoms with van der Waals surface area (Å²) < 4.78 is 0. The summed E-state index contributed by atoms with van der Waals surface area (Å²) in [7, 11) is 0. The number of nitrogens with one attached hydrogen (secondary N) is 1. The van der Waals surface area contributed by atoms with Gasteiger partial charge in [0.2, 0.25) is 0 Å². The van der Waals surface area contributed by atoms with Crippen molar-refractivity contribution < 1.29 is 0 Å².